The van der Waals surface area contributed by atoms with Crippen molar-refractivity contribution < 1.29 is 19.8 Å². The van der Waals surface area contributed by atoms with E-state index in [4.69, 9.17) is 10.2 Å². The number of aliphatic carboxylic acids is 2. The minimum absolute atomic E-state index is 0.300. The van der Waals surface area contributed by atoms with Gasteiger partial charge in [-0.1, -0.05) is 63.3 Å². The Bertz CT molecular complexity index is 385. The van der Waals surface area contributed by atoms with Crippen molar-refractivity contribution in [3.8, 4) is 0 Å². The summed E-state index contributed by atoms with van der Waals surface area (Å²) in [4.78, 5) is 21.5. The summed E-state index contributed by atoms with van der Waals surface area (Å²) in [6, 6.07) is 0. The summed E-state index contributed by atoms with van der Waals surface area (Å²) in [6.07, 6.45) is 20.4. The maximum atomic E-state index is 10.9. The fourth-order valence-electron chi connectivity index (χ4n) is 2.55. The van der Waals surface area contributed by atoms with Crippen LogP contribution in [0.1, 0.15) is 84.0 Å². The van der Waals surface area contributed by atoms with E-state index in [1.54, 1.807) is 0 Å². The average Bonchev–Trinajstić information content (AvgIpc) is 2.53. The maximum Gasteiger partial charge on any atom is 0.307 e. The lowest BCUT2D eigenvalue weighted by molar-refractivity contribution is -0.148. The lowest BCUT2D eigenvalue weighted by Gasteiger charge is -2.05. The SMILES string of the molecule is CC/C=C/CCCCCCCCC/C=C/CC(CC(=O)O)C(=O)O. The lowest BCUT2D eigenvalue weighted by Crippen LogP contribution is -2.16. The Hall–Kier alpha value is -1.58. The maximum absolute atomic E-state index is 10.9. The molecule has 0 spiro atoms. The summed E-state index contributed by atoms with van der Waals surface area (Å²) in [5, 5.41) is 17.6. The van der Waals surface area contributed by atoms with Crippen LogP contribution >= 0.6 is 0 Å². The predicted molar refractivity (Wildman–Crippen MR) is 98.1 cm³/mol. The predicted octanol–water partition coefficient (Wildman–Crippen LogP) is 5.59. The summed E-state index contributed by atoms with van der Waals surface area (Å²) in [5.74, 6) is -2.91. The number of carboxylic acids is 2. The van der Waals surface area contributed by atoms with Gasteiger partial charge >= 0.3 is 11.9 Å². The van der Waals surface area contributed by atoms with Gasteiger partial charge in [0, 0.05) is 0 Å². The lowest BCUT2D eigenvalue weighted by atomic mass is 10.0. The van der Waals surface area contributed by atoms with E-state index in [-0.39, 0.29) is 6.42 Å². The van der Waals surface area contributed by atoms with Gasteiger partial charge in [0.15, 0.2) is 0 Å². The van der Waals surface area contributed by atoms with Gasteiger partial charge < -0.3 is 10.2 Å². The molecule has 24 heavy (non-hydrogen) atoms. The zero-order valence-corrected chi connectivity index (χ0v) is 15.1. The molecule has 0 radical (unpaired) electrons. The van der Waals surface area contributed by atoms with Crippen molar-refractivity contribution in [2.75, 3.05) is 0 Å². The Kier molecular flexibility index (Phi) is 15.2. The normalized spacial score (nSPS) is 12.9. The number of hydrogen-bond acceptors (Lipinski definition) is 2. The van der Waals surface area contributed by atoms with Crippen LogP contribution in [0.2, 0.25) is 0 Å². The molecule has 0 aromatic heterocycles. The molecule has 4 heteroatoms. The summed E-state index contributed by atoms with van der Waals surface area (Å²) >= 11 is 0. The van der Waals surface area contributed by atoms with Crippen LogP contribution in [0.4, 0.5) is 0 Å². The zero-order chi connectivity index (χ0) is 18.0. The third-order valence-electron chi connectivity index (χ3n) is 4.00. The summed E-state index contributed by atoms with van der Waals surface area (Å²) in [6.45, 7) is 2.16. The van der Waals surface area contributed by atoms with Gasteiger partial charge in [0.25, 0.3) is 0 Å². The van der Waals surface area contributed by atoms with Crippen molar-refractivity contribution in [1.82, 2.24) is 0 Å². The van der Waals surface area contributed by atoms with E-state index in [0.717, 1.165) is 19.3 Å². The van der Waals surface area contributed by atoms with Crippen LogP contribution in [0.3, 0.4) is 0 Å². The Balaban J connectivity index is 3.47. The molecule has 0 heterocycles. The van der Waals surface area contributed by atoms with E-state index in [1.165, 1.54) is 44.9 Å². The first kappa shape index (κ1) is 22.4. The summed E-state index contributed by atoms with van der Waals surface area (Å²) in [7, 11) is 0. The van der Waals surface area contributed by atoms with Crippen LogP contribution in [0, 0.1) is 5.92 Å². The van der Waals surface area contributed by atoms with Gasteiger partial charge in [0.05, 0.1) is 12.3 Å². The zero-order valence-electron chi connectivity index (χ0n) is 15.1. The first-order valence-corrected chi connectivity index (χ1v) is 9.32. The fourth-order valence-corrected chi connectivity index (χ4v) is 2.55. The van der Waals surface area contributed by atoms with Gasteiger partial charge in [0.2, 0.25) is 0 Å². The van der Waals surface area contributed by atoms with E-state index in [9.17, 15) is 9.59 Å². The highest BCUT2D eigenvalue weighted by molar-refractivity contribution is 5.77. The first-order chi connectivity index (χ1) is 11.6. The van der Waals surface area contributed by atoms with E-state index in [1.807, 2.05) is 12.2 Å². The number of allylic oxidation sites excluding steroid dienone is 4. The third kappa shape index (κ3) is 15.3. The smallest absolute Gasteiger partial charge is 0.307 e. The van der Waals surface area contributed by atoms with Crippen molar-refractivity contribution >= 4 is 11.9 Å². The second-order valence-electron chi connectivity index (χ2n) is 6.27. The van der Waals surface area contributed by atoms with Gasteiger partial charge in [-0.3, -0.25) is 9.59 Å². The van der Waals surface area contributed by atoms with Crippen molar-refractivity contribution in [2.45, 2.75) is 84.0 Å². The Morgan fingerprint density at radius 2 is 1.29 bits per heavy atom. The van der Waals surface area contributed by atoms with E-state index in [2.05, 4.69) is 19.1 Å². The Morgan fingerprint density at radius 1 is 0.792 bits per heavy atom. The largest absolute Gasteiger partial charge is 0.481 e. The van der Waals surface area contributed by atoms with Crippen molar-refractivity contribution in [3.05, 3.63) is 24.3 Å². The molecule has 0 aliphatic heterocycles. The molecule has 0 bridgehead atoms. The minimum Gasteiger partial charge on any atom is -0.481 e. The van der Waals surface area contributed by atoms with Crippen molar-refractivity contribution in [1.29, 1.82) is 0 Å². The Morgan fingerprint density at radius 3 is 1.75 bits per heavy atom. The molecule has 0 saturated carbocycles. The quantitative estimate of drug-likeness (QED) is 0.284. The number of unbranched alkanes of at least 4 members (excludes halogenated alkanes) is 8. The summed E-state index contributed by atoms with van der Waals surface area (Å²) in [5.41, 5.74) is 0. The van der Waals surface area contributed by atoms with Gasteiger partial charge in [-0.25, -0.2) is 0 Å². The molecule has 0 aliphatic rings. The molecule has 0 aliphatic carbocycles. The van der Waals surface area contributed by atoms with Crippen molar-refractivity contribution in [3.63, 3.8) is 0 Å². The molecular weight excluding hydrogens is 304 g/mol. The fraction of sp³-hybridized carbons (Fsp3) is 0.700. The monoisotopic (exact) mass is 338 g/mol. The standard InChI is InChI=1S/C20H34O4/c1-2-3-4-5-6-7-8-9-10-11-12-13-14-15-16-18(20(23)24)17-19(21)22/h3-4,14-15,18H,2,5-13,16-17H2,1H3,(H,21,22)(H,23,24)/b4-3+,15-14+. The molecule has 138 valence electrons. The molecule has 0 fully saturated rings. The van der Waals surface area contributed by atoms with E-state index < -0.39 is 17.9 Å². The molecule has 1 unspecified atom stereocenters. The highest BCUT2D eigenvalue weighted by atomic mass is 16.4. The van der Waals surface area contributed by atoms with Crippen LogP contribution in [-0.4, -0.2) is 22.2 Å². The average molecular weight is 338 g/mol. The third-order valence-corrected chi connectivity index (χ3v) is 4.00. The van der Waals surface area contributed by atoms with Crippen LogP contribution in [0.5, 0.6) is 0 Å². The van der Waals surface area contributed by atoms with Gasteiger partial charge in [-0.15, -0.1) is 0 Å². The highest BCUT2D eigenvalue weighted by Crippen LogP contribution is 2.12. The molecule has 0 saturated heterocycles. The minimum atomic E-state index is -1.06. The molecule has 1 atom stereocenters. The van der Waals surface area contributed by atoms with Crippen LogP contribution in [0.25, 0.3) is 0 Å². The number of carboxylic acid groups (broad SMARTS) is 2. The summed E-state index contributed by atoms with van der Waals surface area (Å²) < 4.78 is 0. The Labute approximate surface area is 146 Å². The van der Waals surface area contributed by atoms with Crippen molar-refractivity contribution in [2.24, 2.45) is 5.92 Å². The number of hydrogen-bond donors (Lipinski definition) is 2. The molecule has 0 aromatic rings. The number of carbonyl (C=O) groups is 2. The van der Waals surface area contributed by atoms with Crippen LogP contribution in [0.15, 0.2) is 24.3 Å². The highest BCUT2D eigenvalue weighted by Gasteiger charge is 2.18. The van der Waals surface area contributed by atoms with E-state index >= 15 is 0 Å². The molecular formula is C20H34O4. The molecule has 0 rings (SSSR count). The van der Waals surface area contributed by atoms with Gasteiger partial charge in [-0.05, 0) is 38.5 Å². The molecule has 0 aromatic carbocycles. The second-order valence-corrected chi connectivity index (χ2v) is 6.27. The first-order valence-electron chi connectivity index (χ1n) is 9.32. The van der Waals surface area contributed by atoms with Gasteiger partial charge in [0.1, 0.15) is 0 Å². The van der Waals surface area contributed by atoms with Crippen LogP contribution < -0.4 is 0 Å². The molecule has 2 N–H and O–H groups in total. The van der Waals surface area contributed by atoms with Gasteiger partial charge in [-0.2, -0.15) is 0 Å². The molecule has 0 amide bonds. The van der Waals surface area contributed by atoms with E-state index in [0.29, 0.717) is 6.42 Å². The van der Waals surface area contributed by atoms with Crippen LogP contribution in [-0.2, 0) is 9.59 Å². The number of rotatable bonds is 16. The molecule has 4 nitrogen and oxygen atoms in total. The topological polar surface area (TPSA) is 74.6 Å². The second kappa shape index (κ2) is 16.3.